The Balaban J connectivity index is 2.45. The predicted octanol–water partition coefficient (Wildman–Crippen LogP) is 2.88. The summed E-state index contributed by atoms with van der Waals surface area (Å²) in [7, 11) is 0. The highest BCUT2D eigenvalue weighted by molar-refractivity contribution is 6.52. The van der Waals surface area contributed by atoms with Crippen LogP contribution >= 0.6 is 0 Å². The van der Waals surface area contributed by atoms with Crippen molar-refractivity contribution >= 4 is 17.4 Å². The van der Waals surface area contributed by atoms with Gasteiger partial charge in [-0.05, 0) is 37.3 Å². The molecular formula is C15H19NO2. The zero-order chi connectivity index (χ0) is 13.4. The largest absolute Gasteiger partial charge is 0.304 e. The predicted molar refractivity (Wildman–Crippen MR) is 72.1 cm³/mol. The van der Waals surface area contributed by atoms with Crippen LogP contribution in [0.5, 0.6) is 0 Å². The normalized spacial score (nSPS) is 14.6. The van der Waals surface area contributed by atoms with E-state index in [-0.39, 0.29) is 11.7 Å². The molecule has 0 N–H and O–H groups in total. The number of aryl methyl sites for hydroxylation is 2. The minimum absolute atomic E-state index is 0.352. The summed E-state index contributed by atoms with van der Waals surface area (Å²) in [6, 6.07) is 3.88. The molecule has 1 aliphatic rings. The van der Waals surface area contributed by atoms with Crippen molar-refractivity contribution in [1.29, 1.82) is 0 Å². The first-order valence-corrected chi connectivity index (χ1v) is 6.40. The molecule has 1 amide bonds. The second-order valence-corrected chi connectivity index (χ2v) is 5.39. The molecule has 18 heavy (non-hydrogen) atoms. The molecule has 0 fully saturated rings. The number of carbonyl (C=O) groups excluding carboxylic acids is 2. The lowest BCUT2D eigenvalue weighted by molar-refractivity contribution is -0.114. The third-order valence-corrected chi connectivity index (χ3v) is 3.45. The zero-order valence-electron chi connectivity index (χ0n) is 11.4. The second-order valence-electron chi connectivity index (χ2n) is 5.39. The summed E-state index contributed by atoms with van der Waals surface area (Å²) < 4.78 is 0. The van der Waals surface area contributed by atoms with Gasteiger partial charge in [-0.25, -0.2) is 0 Å². The molecule has 0 atom stereocenters. The van der Waals surface area contributed by atoms with E-state index in [1.165, 1.54) is 0 Å². The first-order chi connectivity index (χ1) is 8.43. The maximum Gasteiger partial charge on any atom is 0.299 e. The van der Waals surface area contributed by atoms with Crippen LogP contribution in [0.1, 0.15) is 41.8 Å². The monoisotopic (exact) mass is 245 g/mol. The molecule has 0 saturated carbocycles. The molecule has 0 unspecified atom stereocenters. The molecule has 0 saturated heterocycles. The molecule has 96 valence electrons. The Bertz CT molecular complexity index is 517. The molecule has 0 bridgehead atoms. The SMILES string of the molecule is Cc1ccc(C)c2c1C(=O)C(=O)N2CCC(C)C. The van der Waals surface area contributed by atoms with Crippen LogP contribution in [0.3, 0.4) is 0 Å². The second kappa shape index (κ2) is 4.56. The summed E-state index contributed by atoms with van der Waals surface area (Å²) in [5.74, 6) is -0.208. The van der Waals surface area contributed by atoms with Crippen LogP contribution in [-0.2, 0) is 4.79 Å². The fraction of sp³-hybridized carbons (Fsp3) is 0.467. The topological polar surface area (TPSA) is 37.4 Å². The molecule has 1 aromatic carbocycles. The maximum absolute atomic E-state index is 12.1. The van der Waals surface area contributed by atoms with Crippen LogP contribution in [-0.4, -0.2) is 18.2 Å². The molecule has 1 aliphatic heterocycles. The van der Waals surface area contributed by atoms with E-state index in [2.05, 4.69) is 13.8 Å². The molecule has 0 radical (unpaired) electrons. The Labute approximate surface area is 108 Å². The van der Waals surface area contributed by atoms with E-state index in [0.717, 1.165) is 23.2 Å². The van der Waals surface area contributed by atoms with Crippen LogP contribution in [0.4, 0.5) is 5.69 Å². The van der Waals surface area contributed by atoms with E-state index in [9.17, 15) is 9.59 Å². The van der Waals surface area contributed by atoms with Crippen LogP contribution < -0.4 is 4.90 Å². The van der Waals surface area contributed by atoms with Crippen LogP contribution in [0.2, 0.25) is 0 Å². The molecule has 0 aliphatic carbocycles. The summed E-state index contributed by atoms with van der Waals surface area (Å²) in [4.78, 5) is 25.7. The number of rotatable bonds is 3. The van der Waals surface area contributed by atoms with Crippen molar-refractivity contribution in [3.63, 3.8) is 0 Å². The van der Waals surface area contributed by atoms with Gasteiger partial charge in [0.1, 0.15) is 0 Å². The number of benzene rings is 1. The van der Waals surface area contributed by atoms with E-state index in [4.69, 9.17) is 0 Å². The van der Waals surface area contributed by atoms with Gasteiger partial charge in [-0.15, -0.1) is 0 Å². The Kier molecular flexibility index (Phi) is 3.24. The lowest BCUT2D eigenvalue weighted by Gasteiger charge is -2.19. The fourth-order valence-electron chi connectivity index (χ4n) is 2.36. The van der Waals surface area contributed by atoms with Crippen LogP contribution in [0.15, 0.2) is 12.1 Å². The lowest BCUT2D eigenvalue weighted by atomic mass is 10.0. The Morgan fingerprint density at radius 2 is 1.72 bits per heavy atom. The van der Waals surface area contributed by atoms with E-state index >= 15 is 0 Å². The summed E-state index contributed by atoms with van der Waals surface area (Å²) in [6.45, 7) is 8.69. The number of hydrogen-bond donors (Lipinski definition) is 0. The molecule has 1 heterocycles. The van der Waals surface area contributed by atoms with E-state index in [1.54, 1.807) is 4.90 Å². The average Bonchev–Trinajstić information content (AvgIpc) is 2.56. The van der Waals surface area contributed by atoms with Crippen molar-refractivity contribution in [2.45, 2.75) is 34.1 Å². The van der Waals surface area contributed by atoms with Gasteiger partial charge in [-0.3, -0.25) is 9.59 Å². The number of amides is 1. The molecule has 3 nitrogen and oxygen atoms in total. The summed E-state index contributed by atoms with van der Waals surface area (Å²) in [6.07, 6.45) is 0.909. The molecule has 3 heteroatoms. The summed E-state index contributed by atoms with van der Waals surface area (Å²) in [5.41, 5.74) is 3.31. The number of anilines is 1. The number of carbonyl (C=O) groups is 2. The molecule has 0 spiro atoms. The number of fused-ring (bicyclic) bond motifs is 1. The van der Waals surface area contributed by atoms with E-state index in [1.807, 2.05) is 26.0 Å². The van der Waals surface area contributed by atoms with Gasteiger partial charge in [0.25, 0.3) is 11.7 Å². The highest BCUT2D eigenvalue weighted by Crippen LogP contribution is 2.34. The van der Waals surface area contributed by atoms with Crippen molar-refractivity contribution in [1.82, 2.24) is 0 Å². The smallest absolute Gasteiger partial charge is 0.299 e. The van der Waals surface area contributed by atoms with Gasteiger partial charge < -0.3 is 4.90 Å². The Hall–Kier alpha value is -1.64. The number of Topliss-reactive ketones (excluding diaryl/α,β-unsaturated/α-hetero) is 1. The molecule has 1 aromatic rings. The standard InChI is InChI=1S/C15H19NO2/c1-9(2)7-8-16-13-11(4)6-5-10(3)12(13)14(17)15(16)18/h5-6,9H,7-8H2,1-4H3. The zero-order valence-corrected chi connectivity index (χ0v) is 11.4. The molecular weight excluding hydrogens is 226 g/mol. The highest BCUT2D eigenvalue weighted by Gasteiger charge is 2.37. The first kappa shape index (κ1) is 12.8. The van der Waals surface area contributed by atoms with Gasteiger partial charge in [-0.1, -0.05) is 26.0 Å². The molecule has 2 rings (SSSR count). The van der Waals surface area contributed by atoms with Gasteiger partial charge in [0, 0.05) is 6.54 Å². The first-order valence-electron chi connectivity index (χ1n) is 6.40. The lowest BCUT2D eigenvalue weighted by Crippen LogP contribution is -2.31. The van der Waals surface area contributed by atoms with Crippen molar-refractivity contribution in [3.8, 4) is 0 Å². The fourth-order valence-corrected chi connectivity index (χ4v) is 2.36. The van der Waals surface area contributed by atoms with Gasteiger partial charge in [0.15, 0.2) is 0 Å². The van der Waals surface area contributed by atoms with E-state index in [0.29, 0.717) is 18.0 Å². The minimum Gasteiger partial charge on any atom is -0.304 e. The number of nitrogens with zero attached hydrogens (tertiary/aromatic N) is 1. The highest BCUT2D eigenvalue weighted by atomic mass is 16.2. The quantitative estimate of drug-likeness (QED) is 0.768. The Morgan fingerprint density at radius 3 is 2.33 bits per heavy atom. The van der Waals surface area contributed by atoms with Gasteiger partial charge in [0.05, 0.1) is 11.3 Å². The maximum atomic E-state index is 12.1. The van der Waals surface area contributed by atoms with Crippen LogP contribution in [0.25, 0.3) is 0 Å². The van der Waals surface area contributed by atoms with Gasteiger partial charge >= 0.3 is 0 Å². The summed E-state index contributed by atoms with van der Waals surface area (Å²) in [5, 5.41) is 0. The number of ketones is 1. The van der Waals surface area contributed by atoms with Crippen molar-refractivity contribution in [2.75, 3.05) is 11.4 Å². The van der Waals surface area contributed by atoms with Gasteiger partial charge in [-0.2, -0.15) is 0 Å². The Morgan fingerprint density at radius 1 is 1.11 bits per heavy atom. The number of hydrogen-bond acceptors (Lipinski definition) is 2. The van der Waals surface area contributed by atoms with Crippen LogP contribution in [0, 0.1) is 19.8 Å². The third-order valence-electron chi connectivity index (χ3n) is 3.45. The average molecular weight is 245 g/mol. The third kappa shape index (κ3) is 1.94. The van der Waals surface area contributed by atoms with Crippen molar-refractivity contribution in [2.24, 2.45) is 5.92 Å². The van der Waals surface area contributed by atoms with Crippen molar-refractivity contribution in [3.05, 3.63) is 28.8 Å². The molecule has 0 aromatic heterocycles. The minimum atomic E-state index is -0.372. The van der Waals surface area contributed by atoms with Gasteiger partial charge in [0.2, 0.25) is 0 Å². The summed E-state index contributed by atoms with van der Waals surface area (Å²) >= 11 is 0. The van der Waals surface area contributed by atoms with E-state index < -0.39 is 0 Å². The van der Waals surface area contributed by atoms with Crippen molar-refractivity contribution < 1.29 is 9.59 Å².